The third-order valence-electron chi connectivity index (χ3n) is 4.77. The van der Waals surface area contributed by atoms with Crippen molar-refractivity contribution < 1.29 is 9.53 Å². The molecule has 0 unspecified atom stereocenters. The highest BCUT2D eigenvalue weighted by atomic mass is 16.5. The Balaban J connectivity index is 1.77. The van der Waals surface area contributed by atoms with E-state index in [-0.39, 0.29) is 5.78 Å². The van der Waals surface area contributed by atoms with Gasteiger partial charge in [0.1, 0.15) is 5.75 Å². The summed E-state index contributed by atoms with van der Waals surface area (Å²) in [6.07, 6.45) is 1.01. The molecule has 0 bridgehead atoms. The summed E-state index contributed by atoms with van der Waals surface area (Å²) >= 11 is 0. The first kappa shape index (κ1) is 16.7. The lowest BCUT2D eigenvalue weighted by Crippen LogP contribution is -2.35. The predicted octanol–water partition coefficient (Wildman–Crippen LogP) is 3.94. The Morgan fingerprint density at radius 1 is 1.12 bits per heavy atom. The minimum absolute atomic E-state index is 0.140. The molecule has 0 N–H and O–H groups in total. The summed E-state index contributed by atoms with van der Waals surface area (Å²) in [5.74, 6) is 0.851. The van der Waals surface area contributed by atoms with Crippen molar-refractivity contribution in [1.82, 2.24) is 4.90 Å². The van der Waals surface area contributed by atoms with Gasteiger partial charge in [0.15, 0.2) is 5.78 Å². The monoisotopic (exact) mass is 323 g/mol. The van der Waals surface area contributed by atoms with Crippen molar-refractivity contribution >= 4 is 5.78 Å². The third kappa shape index (κ3) is 3.51. The van der Waals surface area contributed by atoms with Crippen molar-refractivity contribution in [3.05, 3.63) is 64.2 Å². The van der Waals surface area contributed by atoms with Gasteiger partial charge in [-0.15, -0.1) is 0 Å². The molecule has 0 radical (unpaired) electrons. The lowest BCUT2D eigenvalue weighted by atomic mass is 9.98. The standard InChI is InChI=1S/C21H25NO2/c1-4-24-21-12-16(3)15(2)11-19(21)20(23)14-22-10-9-17-7-5-6-8-18(17)13-22/h5-8,11-12H,4,9-10,13-14H2,1-3H3. The second kappa shape index (κ2) is 7.18. The van der Waals surface area contributed by atoms with Gasteiger partial charge >= 0.3 is 0 Å². The summed E-state index contributed by atoms with van der Waals surface area (Å²) in [4.78, 5) is 15.1. The molecule has 0 saturated heterocycles. The van der Waals surface area contributed by atoms with Gasteiger partial charge in [-0.1, -0.05) is 24.3 Å². The van der Waals surface area contributed by atoms with Crippen LogP contribution in [0.4, 0.5) is 0 Å². The molecule has 3 rings (SSSR count). The van der Waals surface area contributed by atoms with Gasteiger partial charge in [-0.25, -0.2) is 0 Å². The van der Waals surface area contributed by atoms with E-state index >= 15 is 0 Å². The van der Waals surface area contributed by atoms with Crippen LogP contribution in [0, 0.1) is 13.8 Å². The molecule has 2 aromatic rings. The van der Waals surface area contributed by atoms with E-state index in [4.69, 9.17) is 4.74 Å². The summed E-state index contributed by atoms with van der Waals surface area (Å²) in [5.41, 5.74) is 5.73. The van der Waals surface area contributed by atoms with E-state index in [2.05, 4.69) is 29.2 Å². The lowest BCUT2D eigenvalue weighted by molar-refractivity contribution is 0.0917. The molecular weight excluding hydrogens is 298 g/mol. The SMILES string of the molecule is CCOc1cc(C)c(C)cc1C(=O)CN1CCc2ccccc2C1. The normalized spacial score (nSPS) is 14.3. The van der Waals surface area contributed by atoms with Gasteiger partial charge in [-0.2, -0.15) is 0 Å². The van der Waals surface area contributed by atoms with Crippen LogP contribution in [0.2, 0.25) is 0 Å². The summed E-state index contributed by atoms with van der Waals surface area (Å²) < 4.78 is 5.70. The number of Topliss-reactive ketones (excluding diaryl/α,β-unsaturated/α-hetero) is 1. The maximum absolute atomic E-state index is 12.9. The first-order valence-corrected chi connectivity index (χ1v) is 8.65. The Morgan fingerprint density at radius 2 is 1.83 bits per heavy atom. The van der Waals surface area contributed by atoms with Crippen LogP contribution in [0.1, 0.15) is 39.5 Å². The van der Waals surface area contributed by atoms with E-state index in [0.717, 1.165) is 30.6 Å². The third-order valence-corrected chi connectivity index (χ3v) is 4.77. The predicted molar refractivity (Wildman–Crippen MR) is 96.8 cm³/mol. The van der Waals surface area contributed by atoms with E-state index in [9.17, 15) is 4.79 Å². The number of ketones is 1. The topological polar surface area (TPSA) is 29.5 Å². The van der Waals surface area contributed by atoms with Crippen molar-refractivity contribution in [1.29, 1.82) is 0 Å². The van der Waals surface area contributed by atoms with Gasteiger partial charge in [0, 0.05) is 13.1 Å². The molecular formula is C21H25NO2. The fraction of sp³-hybridized carbons (Fsp3) is 0.381. The van der Waals surface area contributed by atoms with Crippen LogP contribution in [-0.2, 0) is 13.0 Å². The molecule has 0 saturated carbocycles. The summed E-state index contributed by atoms with van der Waals surface area (Å²) in [5, 5.41) is 0. The minimum Gasteiger partial charge on any atom is -0.493 e. The van der Waals surface area contributed by atoms with Gasteiger partial charge in [0.2, 0.25) is 0 Å². The molecule has 3 heteroatoms. The highest BCUT2D eigenvalue weighted by Crippen LogP contribution is 2.25. The zero-order valence-corrected chi connectivity index (χ0v) is 14.8. The maximum Gasteiger partial charge on any atom is 0.180 e. The maximum atomic E-state index is 12.9. The minimum atomic E-state index is 0.140. The first-order valence-electron chi connectivity index (χ1n) is 8.65. The van der Waals surface area contributed by atoms with Gasteiger partial charge in [-0.05, 0) is 61.6 Å². The second-order valence-corrected chi connectivity index (χ2v) is 6.52. The molecule has 126 valence electrons. The number of carbonyl (C=O) groups is 1. The number of fused-ring (bicyclic) bond motifs is 1. The van der Waals surface area contributed by atoms with Crippen LogP contribution >= 0.6 is 0 Å². The molecule has 1 heterocycles. The molecule has 2 aromatic carbocycles. The number of hydrogen-bond acceptors (Lipinski definition) is 3. The van der Waals surface area contributed by atoms with Crippen molar-refractivity contribution in [3.63, 3.8) is 0 Å². The van der Waals surface area contributed by atoms with Crippen molar-refractivity contribution in [2.45, 2.75) is 33.7 Å². The highest BCUT2D eigenvalue weighted by molar-refractivity contribution is 6.00. The quantitative estimate of drug-likeness (QED) is 0.781. The molecule has 0 aliphatic carbocycles. The second-order valence-electron chi connectivity index (χ2n) is 6.52. The summed E-state index contributed by atoms with van der Waals surface area (Å²) in [7, 11) is 0. The Morgan fingerprint density at radius 3 is 2.58 bits per heavy atom. The molecule has 24 heavy (non-hydrogen) atoms. The van der Waals surface area contributed by atoms with Gasteiger partial charge in [-0.3, -0.25) is 9.69 Å². The average Bonchev–Trinajstić information content (AvgIpc) is 2.58. The molecule has 0 fully saturated rings. The van der Waals surface area contributed by atoms with Crippen LogP contribution in [0.15, 0.2) is 36.4 Å². The first-order chi connectivity index (χ1) is 11.6. The smallest absolute Gasteiger partial charge is 0.180 e. The van der Waals surface area contributed by atoms with Gasteiger partial charge < -0.3 is 4.74 Å². The molecule has 1 aliphatic rings. The zero-order valence-electron chi connectivity index (χ0n) is 14.8. The average molecular weight is 323 g/mol. The van der Waals surface area contributed by atoms with Crippen molar-refractivity contribution in [2.75, 3.05) is 19.7 Å². The number of ether oxygens (including phenoxy) is 1. The number of carbonyl (C=O) groups excluding carboxylic acids is 1. The summed E-state index contributed by atoms with van der Waals surface area (Å²) in [6.45, 7) is 8.82. The Kier molecular flexibility index (Phi) is 5.00. The molecule has 0 atom stereocenters. The Labute approximate surface area is 144 Å². The molecule has 0 aromatic heterocycles. The Bertz CT molecular complexity index is 751. The number of hydrogen-bond donors (Lipinski definition) is 0. The molecule has 0 amide bonds. The lowest BCUT2D eigenvalue weighted by Gasteiger charge is -2.28. The fourth-order valence-corrected chi connectivity index (χ4v) is 3.26. The zero-order chi connectivity index (χ0) is 17.1. The molecule has 3 nitrogen and oxygen atoms in total. The number of aryl methyl sites for hydroxylation is 2. The molecule has 1 aliphatic heterocycles. The van der Waals surface area contributed by atoms with Crippen LogP contribution in [0.3, 0.4) is 0 Å². The van der Waals surface area contributed by atoms with E-state index in [1.165, 1.54) is 11.1 Å². The Hall–Kier alpha value is -2.13. The number of rotatable bonds is 5. The highest BCUT2D eigenvalue weighted by Gasteiger charge is 2.21. The van der Waals surface area contributed by atoms with Gasteiger partial charge in [0.05, 0.1) is 18.7 Å². The molecule has 0 spiro atoms. The number of nitrogens with zero attached hydrogens (tertiary/aromatic N) is 1. The van der Waals surface area contributed by atoms with E-state index < -0.39 is 0 Å². The van der Waals surface area contributed by atoms with Crippen LogP contribution < -0.4 is 4.74 Å². The van der Waals surface area contributed by atoms with E-state index in [1.807, 2.05) is 32.9 Å². The van der Waals surface area contributed by atoms with Gasteiger partial charge in [0.25, 0.3) is 0 Å². The fourth-order valence-electron chi connectivity index (χ4n) is 3.26. The van der Waals surface area contributed by atoms with Crippen molar-refractivity contribution in [2.24, 2.45) is 0 Å². The largest absolute Gasteiger partial charge is 0.493 e. The van der Waals surface area contributed by atoms with Crippen LogP contribution in [0.5, 0.6) is 5.75 Å². The van der Waals surface area contributed by atoms with Crippen molar-refractivity contribution in [3.8, 4) is 5.75 Å². The van der Waals surface area contributed by atoms with E-state index in [0.29, 0.717) is 24.5 Å². The number of benzene rings is 2. The van der Waals surface area contributed by atoms with Crippen LogP contribution in [0.25, 0.3) is 0 Å². The van der Waals surface area contributed by atoms with Crippen LogP contribution in [-0.4, -0.2) is 30.4 Å². The van der Waals surface area contributed by atoms with E-state index in [1.54, 1.807) is 0 Å². The summed E-state index contributed by atoms with van der Waals surface area (Å²) in [6, 6.07) is 12.5.